The molecule has 1 aliphatic heterocycles. The fourth-order valence-corrected chi connectivity index (χ4v) is 2.70. The average Bonchev–Trinajstić information content (AvgIpc) is 2.65. The lowest BCUT2D eigenvalue weighted by Gasteiger charge is -2.37. The van der Waals surface area contributed by atoms with Crippen LogP contribution in [0.3, 0.4) is 0 Å². The minimum atomic E-state index is 0.541. The maximum atomic E-state index is 3.54. The maximum absolute atomic E-state index is 3.54. The van der Waals surface area contributed by atoms with E-state index in [9.17, 15) is 0 Å². The zero-order valence-electron chi connectivity index (χ0n) is 11.8. The Labute approximate surface area is 102 Å². The second kappa shape index (κ2) is 6.02. The van der Waals surface area contributed by atoms with Crippen molar-refractivity contribution in [2.75, 3.05) is 26.2 Å². The summed E-state index contributed by atoms with van der Waals surface area (Å²) in [7, 11) is 0. The first-order valence-electron chi connectivity index (χ1n) is 6.94. The van der Waals surface area contributed by atoms with Crippen LogP contribution >= 0.6 is 0 Å². The van der Waals surface area contributed by atoms with Gasteiger partial charge >= 0.3 is 0 Å². The Morgan fingerprint density at radius 2 is 1.94 bits per heavy atom. The van der Waals surface area contributed by atoms with Gasteiger partial charge in [-0.3, -0.25) is 0 Å². The van der Waals surface area contributed by atoms with E-state index in [4.69, 9.17) is 0 Å². The first-order valence-corrected chi connectivity index (χ1v) is 6.94. The summed E-state index contributed by atoms with van der Waals surface area (Å²) < 4.78 is 0. The molecule has 0 bridgehead atoms. The predicted molar refractivity (Wildman–Crippen MR) is 71.8 cm³/mol. The number of hydrogen-bond donors (Lipinski definition) is 1. The van der Waals surface area contributed by atoms with Crippen LogP contribution in [0, 0.1) is 11.3 Å². The van der Waals surface area contributed by atoms with Crippen LogP contribution in [0.5, 0.6) is 0 Å². The number of hydrogen-bond acceptors (Lipinski definition) is 2. The molecule has 0 aromatic heterocycles. The van der Waals surface area contributed by atoms with Gasteiger partial charge in [-0.05, 0) is 44.6 Å². The highest BCUT2D eigenvalue weighted by atomic mass is 15.2. The van der Waals surface area contributed by atoms with Crippen molar-refractivity contribution >= 4 is 0 Å². The average molecular weight is 226 g/mol. The summed E-state index contributed by atoms with van der Waals surface area (Å²) in [6, 6.07) is 0.673. The molecule has 2 nitrogen and oxygen atoms in total. The molecule has 0 saturated carbocycles. The van der Waals surface area contributed by atoms with Crippen LogP contribution < -0.4 is 5.32 Å². The largest absolute Gasteiger partial charge is 0.316 e. The zero-order chi connectivity index (χ0) is 12.2. The highest BCUT2D eigenvalue weighted by molar-refractivity contribution is 4.90. The van der Waals surface area contributed by atoms with Crippen molar-refractivity contribution in [3.05, 3.63) is 0 Å². The minimum absolute atomic E-state index is 0.541. The van der Waals surface area contributed by atoms with Crippen LogP contribution in [0.25, 0.3) is 0 Å². The molecular weight excluding hydrogens is 196 g/mol. The van der Waals surface area contributed by atoms with Crippen LogP contribution in [-0.4, -0.2) is 37.1 Å². The van der Waals surface area contributed by atoms with Crippen molar-refractivity contribution in [3.63, 3.8) is 0 Å². The molecule has 96 valence electrons. The lowest BCUT2D eigenvalue weighted by Crippen LogP contribution is -2.44. The van der Waals surface area contributed by atoms with Gasteiger partial charge < -0.3 is 10.2 Å². The van der Waals surface area contributed by atoms with Gasteiger partial charge in [0, 0.05) is 25.7 Å². The van der Waals surface area contributed by atoms with Gasteiger partial charge in [-0.1, -0.05) is 20.8 Å². The zero-order valence-corrected chi connectivity index (χ0v) is 11.8. The van der Waals surface area contributed by atoms with E-state index in [0.717, 1.165) is 5.92 Å². The van der Waals surface area contributed by atoms with Crippen LogP contribution in [-0.2, 0) is 0 Å². The summed E-state index contributed by atoms with van der Waals surface area (Å²) in [6.07, 6.45) is 2.66. The Morgan fingerprint density at radius 3 is 2.31 bits per heavy atom. The molecule has 1 aliphatic rings. The third-order valence-electron chi connectivity index (χ3n) is 3.95. The Hall–Kier alpha value is -0.0800. The fourth-order valence-electron chi connectivity index (χ4n) is 2.70. The monoisotopic (exact) mass is 226 g/mol. The van der Waals surface area contributed by atoms with E-state index in [1.807, 2.05) is 0 Å². The summed E-state index contributed by atoms with van der Waals surface area (Å²) in [5.74, 6) is 0.769. The van der Waals surface area contributed by atoms with Crippen molar-refractivity contribution in [2.24, 2.45) is 11.3 Å². The lowest BCUT2D eigenvalue weighted by molar-refractivity contribution is 0.116. The van der Waals surface area contributed by atoms with Crippen molar-refractivity contribution < 1.29 is 0 Å². The Kier molecular flexibility index (Phi) is 5.26. The van der Waals surface area contributed by atoms with Gasteiger partial charge in [-0.2, -0.15) is 0 Å². The van der Waals surface area contributed by atoms with Gasteiger partial charge in [-0.25, -0.2) is 0 Å². The van der Waals surface area contributed by atoms with Crippen molar-refractivity contribution in [1.82, 2.24) is 10.2 Å². The van der Waals surface area contributed by atoms with E-state index < -0.39 is 0 Å². The van der Waals surface area contributed by atoms with E-state index in [2.05, 4.69) is 44.8 Å². The van der Waals surface area contributed by atoms with Gasteiger partial charge in [0.2, 0.25) is 0 Å². The first kappa shape index (κ1) is 14.0. The summed E-state index contributed by atoms with van der Waals surface area (Å²) >= 11 is 0. The molecule has 1 rings (SSSR count). The van der Waals surface area contributed by atoms with Gasteiger partial charge in [0.15, 0.2) is 0 Å². The normalized spacial score (nSPS) is 26.2. The molecule has 1 atom stereocenters. The molecule has 1 unspecified atom stereocenters. The highest BCUT2D eigenvalue weighted by Crippen LogP contribution is 2.31. The third kappa shape index (κ3) is 3.74. The van der Waals surface area contributed by atoms with E-state index in [1.165, 1.54) is 39.0 Å². The molecule has 0 aromatic rings. The summed E-state index contributed by atoms with van der Waals surface area (Å²) in [4.78, 5) is 2.67. The molecule has 1 fully saturated rings. The summed E-state index contributed by atoms with van der Waals surface area (Å²) in [5, 5.41) is 3.54. The lowest BCUT2D eigenvalue weighted by atomic mass is 9.83. The second-order valence-electron chi connectivity index (χ2n) is 6.20. The molecule has 0 aliphatic carbocycles. The third-order valence-corrected chi connectivity index (χ3v) is 3.95. The molecule has 1 saturated heterocycles. The van der Waals surface area contributed by atoms with E-state index in [-0.39, 0.29) is 0 Å². The van der Waals surface area contributed by atoms with Crippen LogP contribution in [0.15, 0.2) is 0 Å². The number of nitrogens with one attached hydrogen (secondary N) is 1. The molecule has 1 heterocycles. The quantitative estimate of drug-likeness (QED) is 0.749. The van der Waals surface area contributed by atoms with Gasteiger partial charge in [-0.15, -0.1) is 0 Å². The Balaban J connectivity index is 2.58. The second-order valence-corrected chi connectivity index (χ2v) is 6.20. The summed E-state index contributed by atoms with van der Waals surface area (Å²) in [6.45, 7) is 16.6. The van der Waals surface area contributed by atoms with Crippen LogP contribution in [0.4, 0.5) is 0 Å². The van der Waals surface area contributed by atoms with Gasteiger partial charge in [0.25, 0.3) is 0 Å². The van der Waals surface area contributed by atoms with E-state index in [0.29, 0.717) is 11.5 Å². The topological polar surface area (TPSA) is 15.3 Å². The molecule has 0 spiro atoms. The number of nitrogens with zero attached hydrogens (tertiary/aromatic N) is 1. The van der Waals surface area contributed by atoms with Crippen molar-refractivity contribution in [2.45, 2.75) is 53.5 Å². The number of rotatable bonds is 6. The van der Waals surface area contributed by atoms with Crippen molar-refractivity contribution in [3.8, 4) is 0 Å². The minimum Gasteiger partial charge on any atom is -0.316 e. The molecule has 1 N–H and O–H groups in total. The van der Waals surface area contributed by atoms with Crippen LogP contribution in [0.2, 0.25) is 0 Å². The molecule has 16 heavy (non-hydrogen) atoms. The fraction of sp³-hybridized carbons (Fsp3) is 1.00. The maximum Gasteiger partial charge on any atom is 0.00533 e. The highest BCUT2D eigenvalue weighted by Gasteiger charge is 2.34. The summed E-state index contributed by atoms with van der Waals surface area (Å²) in [5.41, 5.74) is 0.541. The Bertz CT molecular complexity index is 193. The molecule has 0 radical (unpaired) electrons. The van der Waals surface area contributed by atoms with Crippen LogP contribution in [0.1, 0.15) is 47.5 Å². The predicted octanol–water partition coefficient (Wildman–Crippen LogP) is 2.74. The Morgan fingerprint density at radius 1 is 1.25 bits per heavy atom. The molecule has 0 amide bonds. The van der Waals surface area contributed by atoms with Gasteiger partial charge in [0.1, 0.15) is 0 Å². The van der Waals surface area contributed by atoms with E-state index >= 15 is 0 Å². The molecule has 0 aromatic carbocycles. The van der Waals surface area contributed by atoms with Gasteiger partial charge in [0.05, 0.1) is 0 Å². The molecular formula is C14H30N2. The van der Waals surface area contributed by atoms with E-state index in [1.54, 1.807) is 0 Å². The standard InChI is InChI=1S/C14H30N2/c1-6-14(7-8-15-10-14)11-16(13(4)5)9-12(2)3/h12-13,15H,6-11H2,1-5H3. The first-order chi connectivity index (χ1) is 7.49. The smallest absolute Gasteiger partial charge is 0.00533 e. The van der Waals surface area contributed by atoms with Crippen molar-refractivity contribution in [1.29, 1.82) is 0 Å². The SMILES string of the molecule is CCC1(CN(CC(C)C)C(C)C)CCNC1. The molecule has 2 heteroatoms.